The van der Waals surface area contributed by atoms with Gasteiger partial charge in [-0.25, -0.2) is 0 Å². The highest BCUT2D eigenvalue weighted by molar-refractivity contribution is 5.27. The molecule has 2 aromatic rings. The van der Waals surface area contributed by atoms with E-state index in [4.69, 9.17) is 9.26 Å². The average molecular weight is 286 g/mol. The van der Waals surface area contributed by atoms with E-state index in [-0.39, 0.29) is 0 Å². The number of hydrogen-bond donors (Lipinski definition) is 0. The van der Waals surface area contributed by atoms with Crippen LogP contribution in [0, 0.1) is 6.92 Å². The molecule has 0 unspecified atom stereocenters. The molecule has 4 heteroatoms. The van der Waals surface area contributed by atoms with Crippen molar-refractivity contribution in [2.24, 2.45) is 0 Å². The van der Waals surface area contributed by atoms with Crippen molar-refractivity contribution in [2.45, 2.75) is 39.3 Å². The fourth-order valence-electron chi connectivity index (χ4n) is 2.99. The van der Waals surface area contributed by atoms with Gasteiger partial charge in [0.05, 0.1) is 12.6 Å². The summed E-state index contributed by atoms with van der Waals surface area (Å²) in [6, 6.07) is 10.8. The van der Waals surface area contributed by atoms with Gasteiger partial charge >= 0.3 is 0 Å². The monoisotopic (exact) mass is 286 g/mol. The lowest BCUT2D eigenvalue weighted by Crippen LogP contribution is -2.22. The summed E-state index contributed by atoms with van der Waals surface area (Å²) < 4.78 is 10.7. The van der Waals surface area contributed by atoms with Crippen molar-refractivity contribution in [1.29, 1.82) is 0 Å². The Bertz CT molecular complexity index is 577. The summed E-state index contributed by atoms with van der Waals surface area (Å²) in [5.41, 5.74) is 2.38. The summed E-state index contributed by atoms with van der Waals surface area (Å²) in [4.78, 5) is 2.48. The molecule has 0 aliphatic carbocycles. The van der Waals surface area contributed by atoms with E-state index in [0.717, 1.165) is 36.7 Å². The lowest BCUT2D eigenvalue weighted by molar-refractivity contribution is 0.236. The number of aryl methyl sites for hydroxylation is 1. The van der Waals surface area contributed by atoms with Gasteiger partial charge in [0.25, 0.3) is 0 Å². The molecule has 0 bridgehead atoms. The molecule has 2 heterocycles. The zero-order valence-corrected chi connectivity index (χ0v) is 12.7. The predicted octanol–water partition coefficient (Wildman–Crippen LogP) is 3.72. The molecule has 0 saturated carbocycles. The minimum Gasteiger partial charge on any atom is -0.494 e. The highest BCUT2D eigenvalue weighted by atomic mass is 16.5. The zero-order chi connectivity index (χ0) is 14.7. The second-order valence-corrected chi connectivity index (χ2v) is 5.57. The molecule has 0 radical (unpaired) electrons. The molecule has 1 aromatic heterocycles. The van der Waals surface area contributed by atoms with Gasteiger partial charge in [-0.15, -0.1) is 0 Å². The van der Waals surface area contributed by atoms with Crippen LogP contribution in [-0.2, 0) is 6.54 Å². The third kappa shape index (κ3) is 3.27. The highest BCUT2D eigenvalue weighted by Gasteiger charge is 2.28. The van der Waals surface area contributed by atoms with E-state index in [1.165, 1.54) is 12.0 Å². The van der Waals surface area contributed by atoms with Crippen LogP contribution in [0.1, 0.15) is 42.8 Å². The van der Waals surface area contributed by atoms with Crippen molar-refractivity contribution >= 4 is 0 Å². The molecular weight excluding hydrogens is 264 g/mol. The van der Waals surface area contributed by atoms with E-state index >= 15 is 0 Å². The Kier molecular flexibility index (Phi) is 4.25. The first-order valence-corrected chi connectivity index (χ1v) is 7.65. The van der Waals surface area contributed by atoms with Crippen LogP contribution in [0.3, 0.4) is 0 Å². The Morgan fingerprint density at radius 1 is 1.33 bits per heavy atom. The number of ether oxygens (including phenoxy) is 1. The molecule has 1 saturated heterocycles. The molecule has 1 aliphatic heterocycles. The van der Waals surface area contributed by atoms with Crippen molar-refractivity contribution in [2.75, 3.05) is 13.2 Å². The Morgan fingerprint density at radius 3 is 2.81 bits per heavy atom. The summed E-state index contributed by atoms with van der Waals surface area (Å²) in [6.07, 6.45) is 2.37. The van der Waals surface area contributed by atoms with Gasteiger partial charge in [0.15, 0.2) is 0 Å². The molecular formula is C17H22N2O2. The lowest BCUT2D eigenvalue weighted by atomic mass is 10.1. The van der Waals surface area contributed by atoms with Crippen LogP contribution in [0.5, 0.6) is 5.75 Å². The summed E-state index contributed by atoms with van der Waals surface area (Å²) in [5.74, 6) is 1.82. The van der Waals surface area contributed by atoms with Gasteiger partial charge in [0.2, 0.25) is 0 Å². The topological polar surface area (TPSA) is 38.5 Å². The maximum atomic E-state index is 5.49. The molecule has 0 N–H and O–H groups in total. The molecule has 1 aliphatic rings. The highest BCUT2D eigenvalue weighted by Crippen LogP contribution is 2.32. The predicted molar refractivity (Wildman–Crippen MR) is 81.2 cm³/mol. The standard InChI is InChI=1S/C17H22N2O2/c1-3-20-15-8-6-14(7-9-15)12-19-10-4-5-17(19)16-11-13(2)21-18-16/h6-9,11,17H,3-5,10,12H2,1-2H3/t17-/m0/s1. The quantitative estimate of drug-likeness (QED) is 0.839. The van der Waals surface area contributed by atoms with Gasteiger partial charge in [-0.2, -0.15) is 0 Å². The molecule has 1 fully saturated rings. The number of likely N-dealkylation sites (tertiary alicyclic amines) is 1. The van der Waals surface area contributed by atoms with Gasteiger partial charge in [-0.3, -0.25) is 4.90 Å². The summed E-state index contributed by atoms with van der Waals surface area (Å²) in [6.45, 7) is 6.72. The van der Waals surface area contributed by atoms with E-state index in [9.17, 15) is 0 Å². The van der Waals surface area contributed by atoms with Crippen molar-refractivity contribution in [3.05, 3.63) is 47.3 Å². The van der Waals surface area contributed by atoms with Gasteiger partial charge in [-0.1, -0.05) is 17.3 Å². The van der Waals surface area contributed by atoms with Gasteiger partial charge in [-0.05, 0) is 50.9 Å². The van der Waals surface area contributed by atoms with E-state index in [1.54, 1.807) is 0 Å². The number of aromatic nitrogens is 1. The Balaban J connectivity index is 1.68. The maximum absolute atomic E-state index is 5.49. The Morgan fingerprint density at radius 2 is 2.14 bits per heavy atom. The Labute approximate surface area is 125 Å². The number of hydrogen-bond acceptors (Lipinski definition) is 4. The lowest BCUT2D eigenvalue weighted by Gasteiger charge is -2.22. The van der Waals surface area contributed by atoms with Crippen molar-refractivity contribution < 1.29 is 9.26 Å². The van der Waals surface area contributed by atoms with E-state index in [2.05, 4.69) is 28.3 Å². The second kappa shape index (κ2) is 6.31. The largest absolute Gasteiger partial charge is 0.494 e. The number of rotatable bonds is 5. The van der Waals surface area contributed by atoms with E-state index in [0.29, 0.717) is 12.6 Å². The average Bonchev–Trinajstić information content (AvgIpc) is 3.10. The van der Waals surface area contributed by atoms with Crippen LogP contribution in [0.4, 0.5) is 0 Å². The summed E-state index contributed by atoms with van der Waals surface area (Å²) in [5, 5.41) is 4.19. The van der Waals surface area contributed by atoms with Crippen LogP contribution in [-0.4, -0.2) is 23.2 Å². The minimum atomic E-state index is 0.383. The molecule has 0 spiro atoms. The maximum Gasteiger partial charge on any atom is 0.133 e. The van der Waals surface area contributed by atoms with Crippen LogP contribution in [0.15, 0.2) is 34.9 Å². The number of nitrogens with zero attached hydrogens (tertiary/aromatic N) is 2. The van der Waals surface area contributed by atoms with Gasteiger partial charge in [0, 0.05) is 12.6 Å². The van der Waals surface area contributed by atoms with Gasteiger partial charge < -0.3 is 9.26 Å². The van der Waals surface area contributed by atoms with Gasteiger partial charge in [0.1, 0.15) is 17.2 Å². The first-order chi connectivity index (χ1) is 10.3. The molecule has 3 rings (SSSR count). The zero-order valence-electron chi connectivity index (χ0n) is 12.7. The molecule has 4 nitrogen and oxygen atoms in total. The third-order valence-electron chi connectivity index (χ3n) is 3.97. The van der Waals surface area contributed by atoms with Crippen molar-refractivity contribution in [3.63, 3.8) is 0 Å². The minimum absolute atomic E-state index is 0.383. The normalized spacial score (nSPS) is 19.0. The van der Waals surface area contributed by atoms with E-state index in [1.807, 2.05) is 26.0 Å². The van der Waals surface area contributed by atoms with Crippen LogP contribution in [0.2, 0.25) is 0 Å². The fraction of sp³-hybridized carbons (Fsp3) is 0.471. The van der Waals surface area contributed by atoms with Crippen molar-refractivity contribution in [1.82, 2.24) is 10.1 Å². The number of benzene rings is 1. The summed E-state index contributed by atoms with van der Waals surface area (Å²) in [7, 11) is 0. The molecule has 1 aromatic carbocycles. The first-order valence-electron chi connectivity index (χ1n) is 7.65. The molecule has 112 valence electrons. The van der Waals surface area contributed by atoms with Crippen molar-refractivity contribution in [3.8, 4) is 5.75 Å². The fourth-order valence-corrected chi connectivity index (χ4v) is 2.99. The molecule has 0 amide bonds. The second-order valence-electron chi connectivity index (χ2n) is 5.57. The van der Waals surface area contributed by atoms with Crippen LogP contribution in [0.25, 0.3) is 0 Å². The van der Waals surface area contributed by atoms with Crippen LogP contribution >= 0.6 is 0 Å². The summed E-state index contributed by atoms with van der Waals surface area (Å²) >= 11 is 0. The molecule has 21 heavy (non-hydrogen) atoms. The first kappa shape index (κ1) is 14.1. The van der Waals surface area contributed by atoms with E-state index < -0.39 is 0 Å². The van der Waals surface area contributed by atoms with Crippen LogP contribution < -0.4 is 4.74 Å². The smallest absolute Gasteiger partial charge is 0.133 e. The SMILES string of the molecule is CCOc1ccc(CN2CCC[C@H]2c2cc(C)on2)cc1. The molecule has 1 atom stereocenters. The Hall–Kier alpha value is -1.81. The third-order valence-corrected chi connectivity index (χ3v) is 3.97.